The number of halogens is 1. The molecule has 1 heterocycles. The van der Waals surface area contributed by atoms with Gasteiger partial charge in [-0.15, -0.1) is 0 Å². The fraction of sp³-hybridized carbons (Fsp3) is 0.417. The Morgan fingerprint density at radius 3 is 2.95 bits per heavy atom. The quantitative estimate of drug-likeness (QED) is 0.677. The number of hydrogen-bond acceptors (Lipinski definition) is 5. The van der Waals surface area contributed by atoms with Gasteiger partial charge in [-0.25, -0.2) is 9.18 Å². The molecule has 0 aliphatic carbocycles. The third kappa shape index (κ3) is 2.95. The van der Waals surface area contributed by atoms with Crippen molar-refractivity contribution in [1.82, 2.24) is 4.90 Å². The normalized spacial score (nSPS) is 17.9. The van der Waals surface area contributed by atoms with E-state index < -0.39 is 16.8 Å². The zero-order valence-electron chi connectivity index (χ0n) is 10.8. The molecule has 1 aliphatic heterocycles. The number of carbonyl (C=O) groups excluding carboxylic acids is 1. The number of ether oxygens (including phenoxy) is 1. The van der Waals surface area contributed by atoms with E-state index in [4.69, 9.17) is 0 Å². The molecular formula is C12H14FN3O4. The zero-order valence-corrected chi connectivity index (χ0v) is 10.8. The van der Waals surface area contributed by atoms with Crippen LogP contribution >= 0.6 is 0 Å². The fourth-order valence-electron chi connectivity index (χ4n) is 2.13. The Balaban J connectivity index is 2.01. The average Bonchev–Trinajstić information content (AvgIpc) is 2.88. The monoisotopic (exact) mass is 283 g/mol. The first-order chi connectivity index (χ1) is 9.51. The van der Waals surface area contributed by atoms with Gasteiger partial charge in [0.2, 0.25) is 0 Å². The van der Waals surface area contributed by atoms with Crippen molar-refractivity contribution in [3.8, 4) is 0 Å². The molecule has 1 aromatic rings. The maximum absolute atomic E-state index is 13.7. The lowest BCUT2D eigenvalue weighted by Crippen LogP contribution is -2.31. The summed E-state index contributed by atoms with van der Waals surface area (Å²) in [5, 5.41) is 13.5. The van der Waals surface area contributed by atoms with E-state index in [9.17, 15) is 19.3 Å². The minimum Gasteiger partial charge on any atom is -0.453 e. The van der Waals surface area contributed by atoms with Crippen molar-refractivity contribution in [2.24, 2.45) is 0 Å². The molecule has 1 amide bonds. The zero-order chi connectivity index (χ0) is 14.7. The number of anilines is 1. The van der Waals surface area contributed by atoms with Gasteiger partial charge in [-0.1, -0.05) is 0 Å². The third-order valence-corrected chi connectivity index (χ3v) is 3.14. The van der Waals surface area contributed by atoms with Crippen molar-refractivity contribution in [1.29, 1.82) is 0 Å². The van der Waals surface area contributed by atoms with Gasteiger partial charge in [0.25, 0.3) is 5.69 Å². The minimum absolute atomic E-state index is 0.106. The van der Waals surface area contributed by atoms with E-state index in [0.717, 1.165) is 6.07 Å². The smallest absolute Gasteiger partial charge is 0.409 e. The third-order valence-electron chi connectivity index (χ3n) is 3.14. The number of methoxy groups -OCH3 is 1. The lowest BCUT2D eigenvalue weighted by atomic mass is 10.2. The molecule has 20 heavy (non-hydrogen) atoms. The first-order valence-corrected chi connectivity index (χ1v) is 6.04. The van der Waals surface area contributed by atoms with E-state index in [2.05, 4.69) is 10.1 Å². The molecule has 0 spiro atoms. The first-order valence-electron chi connectivity index (χ1n) is 6.04. The Bertz CT molecular complexity index is 537. The molecule has 2 rings (SSSR count). The molecule has 1 fully saturated rings. The van der Waals surface area contributed by atoms with Crippen molar-refractivity contribution in [2.45, 2.75) is 12.5 Å². The summed E-state index contributed by atoms with van der Waals surface area (Å²) in [6.45, 7) is 0.933. The molecule has 1 atom stereocenters. The largest absolute Gasteiger partial charge is 0.453 e. The van der Waals surface area contributed by atoms with Crippen LogP contribution in [0.1, 0.15) is 6.42 Å². The molecule has 0 bridgehead atoms. The lowest BCUT2D eigenvalue weighted by molar-refractivity contribution is -0.385. The van der Waals surface area contributed by atoms with Gasteiger partial charge < -0.3 is 15.0 Å². The summed E-state index contributed by atoms with van der Waals surface area (Å²) < 4.78 is 18.3. The van der Waals surface area contributed by atoms with Crippen molar-refractivity contribution in [2.75, 3.05) is 25.5 Å². The Morgan fingerprint density at radius 2 is 2.35 bits per heavy atom. The van der Waals surface area contributed by atoms with Gasteiger partial charge in [-0.05, 0) is 12.5 Å². The number of hydrogen-bond donors (Lipinski definition) is 1. The second-order valence-electron chi connectivity index (χ2n) is 4.47. The van der Waals surface area contributed by atoms with E-state index in [1.807, 2.05) is 0 Å². The molecule has 7 nitrogen and oxygen atoms in total. The SMILES string of the molecule is COC(=O)N1CC[C@H](Nc2ccc([N+](=O)[O-])cc2F)C1. The molecule has 1 aromatic carbocycles. The topological polar surface area (TPSA) is 84.7 Å². The number of nitro groups is 1. The van der Waals surface area contributed by atoms with Crippen LogP contribution in [0.5, 0.6) is 0 Å². The summed E-state index contributed by atoms with van der Waals surface area (Å²) >= 11 is 0. The maximum Gasteiger partial charge on any atom is 0.409 e. The molecular weight excluding hydrogens is 269 g/mol. The van der Waals surface area contributed by atoms with Crippen molar-refractivity contribution >= 4 is 17.5 Å². The van der Waals surface area contributed by atoms with Crippen LogP contribution in [0, 0.1) is 15.9 Å². The summed E-state index contributed by atoms with van der Waals surface area (Å²) in [5.41, 5.74) is -0.108. The highest BCUT2D eigenvalue weighted by molar-refractivity contribution is 5.68. The Kier molecular flexibility index (Phi) is 4.02. The van der Waals surface area contributed by atoms with Crippen LogP contribution in [0.15, 0.2) is 18.2 Å². The minimum atomic E-state index is -0.685. The van der Waals surface area contributed by atoms with Gasteiger partial charge in [0.05, 0.1) is 23.8 Å². The fourth-order valence-corrected chi connectivity index (χ4v) is 2.13. The molecule has 0 saturated carbocycles. The number of benzene rings is 1. The number of amides is 1. The average molecular weight is 283 g/mol. The standard InChI is InChI=1S/C12H14FN3O4/c1-20-12(17)15-5-4-8(7-15)14-11-3-2-9(16(18)19)6-10(11)13/h2-3,6,8,14H,4-5,7H2,1H3/t8-/m0/s1. The van der Waals surface area contributed by atoms with Crippen LogP contribution in [-0.2, 0) is 4.74 Å². The predicted molar refractivity (Wildman–Crippen MR) is 69.1 cm³/mol. The second kappa shape index (κ2) is 5.72. The van der Waals surface area contributed by atoms with Crippen LogP contribution in [0.25, 0.3) is 0 Å². The van der Waals surface area contributed by atoms with E-state index in [-0.39, 0.29) is 17.4 Å². The Morgan fingerprint density at radius 1 is 1.60 bits per heavy atom. The van der Waals surface area contributed by atoms with Crippen LogP contribution in [-0.4, -0.2) is 42.2 Å². The van der Waals surface area contributed by atoms with Crippen LogP contribution in [0.2, 0.25) is 0 Å². The maximum atomic E-state index is 13.7. The van der Waals surface area contributed by atoms with Crippen molar-refractivity contribution in [3.63, 3.8) is 0 Å². The Labute approximate surface area is 114 Å². The molecule has 0 radical (unpaired) electrons. The number of nitrogens with one attached hydrogen (secondary N) is 1. The van der Waals surface area contributed by atoms with Gasteiger partial charge in [-0.3, -0.25) is 10.1 Å². The van der Waals surface area contributed by atoms with Gasteiger partial charge in [0.1, 0.15) is 0 Å². The highest BCUT2D eigenvalue weighted by atomic mass is 19.1. The molecule has 8 heteroatoms. The first kappa shape index (κ1) is 14.0. The van der Waals surface area contributed by atoms with Gasteiger partial charge >= 0.3 is 6.09 Å². The van der Waals surface area contributed by atoms with Gasteiger partial charge in [0.15, 0.2) is 5.82 Å². The summed E-state index contributed by atoms with van der Waals surface area (Å²) in [6.07, 6.45) is 0.240. The molecule has 108 valence electrons. The molecule has 1 saturated heterocycles. The number of carbonyl (C=O) groups is 1. The molecule has 1 N–H and O–H groups in total. The molecule has 0 aromatic heterocycles. The summed E-state index contributed by atoms with van der Waals surface area (Å²) in [7, 11) is 1.30. The summed E-state index contributed by atoms with van der Waals surface area (Å²) in [6, 6.07) is 3.33. The second-order valence-corrected chi connectivity index (χ2v) is 4.47. The van der Waals surface area contributed by atoms with E-state index in [1.165, 1.54) is 24.1 Å². The highest BCUT2D eigenvalue weighted by Crippen LogP contribution is 2.23. The lowest BCUT2D eigenvalue weighted by Gasteiger charge is -2.16. The van der Waals surface area contributed by atoms with E-state index in [1.54, 1.807) is 0 Å². The number of likely N-dealkylation sites (tertiary alicyclic amines) is 1. The van der Waals surface area contributed by atoms with Crippen LogP contribution < -0.4 is 5.32 Å². The number of nitrogens with zero attached hydrogens (tertiary/aromatic N) is 2. The van der Waals surface area contributed by atoms with E-state index in [0.29, 0.717) is 19.5 Å². The predicted octanol–water partition coefficient (Wildman–Crippen LogP) is 1.99. The number of rotatable bonds is 3. The van der Waals surface area contributed by atoms with Gasteiger partial charge in [-0.2, -0.15) is 0 Å². The molecule has 1 aliphatic rings. The molecule has 0 unspecified atom stereocenters. The number of non-ortho nitro benzene ring substituents is 1. The highest BCUT2D eigenvalue weighted by Gasteiger charge is 2.27. The van der Waals surface area contributed by atoms with Crippen LogP contribution in [0.3, 0.4) is 0 Å². The Hall–Kier alpha value is -2.38. The van der Waals surface area contributed by atoms with E-state index >= 15 is 0 Å². The van der Waals surface area contributed by atoms with Gasteiger partial charge in [0, 0.05) is 25.2 Å². The number of nitro benzene ring substituents is 1. The van der Waals surface area contributed by atoms with Crippen molar-refractivity contribution in [3.05, 3.63) is 34.1 Å². The van der Waals surface area contributed by atoms with Crippen molar-refractivity contribution < 1.29 is 18.8 Å². The summed E-state index contributed by atoms with van der Waals surface area (Å²) in [4.78, 5) is 22.7. The summed E-state index contributed by atoms with van der Waals surface area (Å²) in [5.74, 6) is -0.685. The van der Waals surface area contributed by atoms with Crippen LogP contribution in [0.4, 0.5) is 20.6 Å².